The van der Waals surface area contributed by atoms with Gasteiger partial charge in [-0.05, 0) is 52.0 Å². The maximum atomic E-state index is 5.55. The van der Waals surface area contributed by atoms with Gasteiger partial charge in [0.15, 0.2) is 5.11 Å². The molecule has 0 bridgehead atoms. The van der Waals surface area contributed by atoms with Crippen molar-refractivity contribution in [1.82, 2.24) is 15.1 Å². The molecule has 0 aromatic carbocycles. The molecule has 0 spiro atoms. The lowest BCUT2D eigenvalue weighted by Crippen LogP contribution is -2.48. The van der Waals surface area contributed by atoms with Gasteiger partial charge in [-0.25, -0.2) is 0 Å². The van der Waals surface area contributed by atoms with E-state index in [-0.39, 0.29) is 0 Å². The van der Waals surface area contributed by atoms with Gasteiger partial charge in [0.25, 0.3) is 0 Å². The highest BCUT2D eigenvalue weighted by Gasteiger charge is 2.23. The van der Waals surface area contributed by atoms with Crippen LogP contribution in [-0.2, 0) is 4.74 Å². The maximum Gasteiger partial charge on any atom is 0.169 e. The molecule has 1 atom stereocenters. The third kappa shape index (κ3) is 6.06. The van der Waals surface area contributed by atoms with Crippen LogP contribution < -0.4 is 5.32 Å². The molecule has 112 valence electrons. The molecule has 0 saturated carbocycles. The summed E-state index contributed by atoms with van der Waals surface area (Å²) in [5.41, 5.74) is 0. The fourth-order valence-electron chi connectivity index (χ4n) is 2.48. The molecule has 5 heteroatoms. The molecule has 0 aromatic rings. The van der Waals surface area contributed by atoms with E-state index in [1.807, 2.05) is 6.92 Å². The second-order valence-electron chi connectivity index (χ2n) is 5.15. The molecule has 1 aliphatic heterocycles. The highest BCUT2D eigenvalue weighted by molar-refractivity contribution is 7.80. The smallest absolute Gasteiger partial charge is 0.169 e. The molecule has 1 fully saturated rings. The monoisotopic (exact) mass is 287 g/mol. The lowest BCUT2D eigenvalue weighted by atomic mass is 10.2. The van der Waals surface area contributed by atoms with Crippen molar-refractivity contribution in [3.63, 3.8) is 0 Å². The zero-order valence-corrected chi connectivity index (χ0v) is 13.5. The number of nitrogens with zero attached hydrogens (tertiary/aromatic N) is 2. The Morgan fingerprint density at radius 3 is 2.84 bits per heavy atom. The third-order valence-electron chi connectivity index (χ3n) is 3.58. The van der Waals surface area contributed by atoms with E-state index in [9.17, 15) is 0 Å². The SMILES string of the molecule is CCOCCCNC(=S)N1CCCN(C)CC1CC. The maximum absolute atomic E-state index is 5.55. The van der Waals surface area contributed by atoms with Crippen LogP contribution in [0, 0.1) is 0 Å². The molecule has 4 nitrogen and oxygen atoms in total. The van der Waals surface area contributed by atoms with Crippen LogP contribution in [0.3, 0.4) is 0 Å². The van der Waals surface area contributed by atoms with Gasteiger partial charge in [-0.3, -0.25) is 0 Å². The Labute approximate surface area is 123 Å². The minimum Gasteiger partial charge on any atom is -0.382 e. The molecule has 0 amide bonds. The van der Waals surface area contributed by atoms with E-state index in [1.165, 1.54) is 13.0 Å². The van der Waals surface area contributed by atoms with E-state index >= 15 is 0 Å². The summed E-state index contributed by atoms with van der Waals surface area (Å²) in [4.78, 5) is 4.78. The first-order valence-corrected chi connectivity index (χ1v) is 7.90. The van der Waals surface area contributed by atoms with E-state index in [0.717, 1.165) is 50.8 Å². The molecule has 0 aromatic heterocycles. The molecule has 1 heterocycles. The van der Waals surface area contributed by atoms with Gasteiger partial charge in [-0.15, -0.1) is 0 Å². The van der Waals surface area contributed by atoms with Crippen molar-refractivity contribution in [1.29, 1.82) is 0 Å². The fourth-order valence-corrected chi connectivity index (χ4v) is 2.82. The van der Waals surface area contributed by atoms with E-state index in [0.29, 0.717) is 6.04 Å². The molecular weight excluding hydrogens is 258 g/mol. The van der Waals surface area contributed by atoms with E-state index in [1.54, 1.807) is 0 Å². The predicted molar refractivity (Wildman–Crippen MR) is 84.6 cm³/mol. The second kappa shape index (κ2) is 9.50. The first-order chi connectivity index (χ1) is 9.19. The predicted octanol–water partition coefficient (Wildman–Crippen LogP) is 1.70. The largest absolute Gasteiger partial charge is 0.382 e. The highest BCUT2D eigenvalue weighted by atomic mass is 32.1. The molecule has 1 saturated heterocycles. The Morgan fingerprint density at radius 2 is 2.16 bits per heavy atom. The van der Waals surface area contributed by atoms with Gasteiger partial charge in [0.1, 0.15) is 0 Å². The zero-order chi connectivity index (χ0) is 14.1. The summed E-state index contributed by atoms with van der Waals surface area (Å²) >= 11 is 5.55. The summed E-state index contributed by atoms with van der Waals surface area (Å²) < 4.78 is 5.33. The normalized spacial score (nSPS) is 21.2. The summed E-state index contributed by atoms with van der Waals surface area (Å²) in [5, 5.41) is 4.29. The summed E-state index contributed by atoms with van der Waals surface area (Å²) in [5.74, 6) is 0. The number of likely N-dealkylation sites (N-methyl/N-ethyl adjacent to an activating group) is 1. The van der Waals surface area contributed by atoms with Crippen LogP contribution in [0.4, 0.5) is 0 Å². The van der Waals surface area contributed by atoms with Gasteiger partial charge in [0, 0.05) is 38.9 Å². The van der Waals surface area contributed by atoms with Gasteiger partial charge in [-0.2, -0.15) is 0 Å². The summed E-state index contributed by atoms with van der Waals surface area (Å²) in [6.45, 7) is 10.1. The van der Waals surface area contributed by atoms with Crippen molar-refractivity contribution in [2.45, 2.75) is 39.2 Å². The lowest BCUT2D eigenvalue weighted by Gasteiger charge is -2.32. The fraction of sp³-hybridized carbons (Fsp3) is 0.929. The molecule has 19 heavy (non-hydrogen) atoms. The quantitative estimate of drug-likeness (QED) is 0.593. The van der Waals surface area contributed by atoms with Crippen molar-refractivity contribution in [3.05, 3.63) is 0 Å². The average Bonchev–Trinajstić information content (AvgIpc) is 2.59. The Kier molecular flexibility index (Phi) is 8.34. The number of ether oxygens (including phenoxy) is 1. The van der Waals surface area contributed by atoms with Crippen molar-refractivity contribution in [2.24, 2.45) is 0 Å². The lowest BCUT2D eigenvalue weighted by molar-refractivity contribution is 0.145. The van der Waals surface area contributed by atoms with Gasteiger partial charge in [0.05, 0.1) is 0 Å². The Hall–Kier alpha value is -0.390. The molecule has 1 N–H and O–H groups in total. The van der Waals surface area contributed by atoms with E-state index < -0.39 is 0 Å². The highest BCUT2D eigenvalue weighted by Crippen LogP contribution is 2.12. The molecule has 0 aliphatic carbocycles. The molecule has 1 aliphatic rings. The van der Waals surface area contributed by atoms with Crippen molar-refractivity contribution < 1.29 is 4.74 Å². The van der Waals surface area contributed by atoms with Crippen LogP contribution in [-0.4, -0.2) is 67.4 Å². The average molecular weight is 287 g/mol. The molecule has 1 rings (SSSR count). The minimum atomic E-state index is 0.541. The van der Waals surface area contributed by atoms with Gasteiger partial charge in [-0.1, -0.05) is 6.92 Å². The number of thiocarbonyl (C=S) groups is 1. The summed E-state index contributed by atoms with van der Waals surface area (Å²) in [6, 6.07) is 0.541. The standard InChI is InChI=1S/C14H29N3OS/c1-4-13-12-16(3)9-7-10-17(13)14(19)15-8-6-11-18-5-2/h13H,4-12H2,1-3H3,(H,15,19). The molecule has 1 unspecified atom stereocenters. The van der Waals surface area contributed by atoms with Crippen LogP contribution in [0.1, 0.15) is 33.1 Å². The first-order valence-electron chi connectivity index (χ1n) is 7.49. The first kappa shape index (κ1) is 16.7. The Bertz CT molecular complexity index is 263. The topological polar surface area (TPSA) is 27.7 Å². The Morgan fingerprint density at radius 1 is 1.37 bits per heavy atom. The van der Waals surface area contributed by atoms with Crippen molar-refractivity contribution in [2.75, 3.05) is 46.4 Å². The van der Waals surface area contributed by atoms with E-state index in [4.69, 9.17) is 17.0 Å². The van der Waals surface area contributed by atoms with Crippen molar-refractivity contribution in [3.8, 4) is 0 Å². The van der Waals surface area contributed by atoms with Crippen LogP contribution in [0.15, 0.2) is 0 Å². The van der Waals surface area contributed by atoms with E-state index in [2.05, 4.69) is 29.1 Å². The minimum absolute atomic E-state index is 0.541. The van der Waals surface area contributed by atoms with Crippen LogP contribution in [0.25, 0.3) is 0 Å². The summed E-state index contributed by atoms with van der Waals surface area (Å²) in [7, 11) is 2.20. The number of nitrogens with one attached hydrogen (secondary N) is 1. The summed E-state index contributed by atoms with van der Waals surface area (Å²) in [6.07, 6.45) is 3.34. The van der Waals surface area contributed by atoms with Gasteiger partial charge in [0.2, 0.25) is 0 Å². The van der Waals surface area contributed by atoms with Gasteiger partial charge >= 0.3 is 0 Å². The van der Waals surface area contributed by atoms with Crippen LogP contribution in [0.2, 0.25) is 0 Å². The Balaban J connectivity index is 2.35. The molecule has 0 radical (unpaired) electrons. The molecular formula is C14H29N3OS. The third-order valence-corrected chi connectivity index (χ3v) is 3.96. The van der Waals surface area contributed by atoms with Crippen molar-refractivity contribution >= 4 is 17.3 Å². The number of hydrogen-bond acceptors (Lipinski definition) is 3. The van der Waals surface area contributed by atoms with Gasteiger partial charge < -0.3 is 19.9 Å². The number of hydrogen-bond donors (Lipinski definition) is 1. The van der Waals surface area contributed by atoms with Crippen LogP contribution >= 0.6 is 12.2 Å². The number of rotatable bonds is 6. The van der Waals surface area contributed by atoms with Crippen LogP contribution in [0.5, 0.6) is 0 Å². The zero-order valence-electron chi connectivity index (χ0n) is 12.7. The second-order valence-corrected chi connectivity index (χ2v) is 5.54.